The van der Waals surface area contributed by atoms with Gasteiger partial charge in [0.25, 0.3) is 5.91 Å². The molecule has 1 atom stereocenters. The van der Waals surface area contributed by atoms with Gasteiger partial charge in [0, 0.05) is 17.7 Å². The summed E-state index contributed by atoms with van der Waals surface area (Å²) in [6.45, 7) is 15.6. The SMILES string of the molecule is [B]c1ccc(-n2ncc(N3CCC(n4nc(C)c(C)c4C(C)(C)C)C3=O)c2C(C)C)cc1. The van der Waals surface area contributed by atoms with E-state index >= 15 is 0 Å². The van der Waals surface area contributed by atoms with Crippen molar-refractivity contribution < 1.29 is 4.79 Å². The molecule has 4 rings (SSSR count). The Morgan fingerprint density at radius 2 is 1.78 bits per heavy atom. The first-order valence-corrected chi connectivity index (χ1v) is 11.3. The minimum Gasteiger partial charge on any atom is -0.307 e. The smallest absolute Gasteiger partial charge is 0.252 e. The molecule has 2 aromatic heterocycles. The van der Waals surface area contributed by atoms with E-state index in [-0.39, 0.29) is 23.3 Å². The highest BCUT2D eigenvalue weighted by Crippen LogP contribution is 2.37. The monoisotopic (exact) mass is 429 g/mol. The summed E-state index contributed by atoms with van der Waals surface area (Å²) in [4.78, 5) is 15.6. The molecule has 0 spiro atoms. The first kappa shape index (κ1) is 22.4. The third-order valence-corrected chi connectivity index (χ3v) is 6.33. The van der Waals surface area contributed by atoms with E-state index in [1.54, 1.807) is 0 Å². The number of carbonyl (C=O) groups excluding carboxylic acids is 1. The fourth-order valence-corrected chi connectivity index (χ4v) is 4.81. The van der Waals surface area contributed by atoms with Gasteiger partial charge in [0.1, 0.15) is 13.9 Å². The zero-order chi connectivity index (χ0) is 23.4. The van der Waals surface area contributed by atoms with Crippen molar-refractivity contribution >= 4 is 24.9 Å². The molecule has 166 valence electrons. The van der Waals surface area contributed by atoms with E-state index in [1.165, 1.54) is 5.56 Å². The standard InChI is InChI=1S/C25H32BN5O/c1-15(2)22-21(14-27-30(22)19-10-8-18(26)9-11-19)29-13-12-20(24(29)32)31-23(25(5,6)7)16(3)17(4)28-31/h8-11,14-15,20H,12-13H2,1-7H3. The highest BCUT2D eigenvalue weighted by Gasteiger charge is 2.39. The van der Waals surface area contributed by atoms with Gasteiger partial charge >= 0.3 is 0 Å². The molecule has 6 nitrogen and oxygen atoms in total. The fraction of sp³-hybridized carbons (Fsp3) is 0.480. The number of amides is 1. The van der Waals surface area contributed by atoms with Crippen LogP contribution in [0.25, 0.3) is 5.69 Å². The second-order valence-corrected chi connectivity index (χ2v) is 10.1. The number of nitrogens with zero attached hydrogens (tertiary/aromatic N) is 5. The predicted octanol–water partition coefficient (Wildman–Crippen LogP) is 3.88. The molecular formula is C25H32BN5O. The number of aryl methyl sites for hydroxylation is 1. The number of hydrogen-bond acceptors (Lipinski definition) is 3. The Labute approximate surface area is 192 Å². The Balaban J connectivity index is 1.73. The Kier molecular flexibility index (Phi) is 5.55. The summed E-state index contributed by atoms with van der Waals surface area (Å²) < 4.78 is 3.90. The quantitative estimate of drug-likeness (QED) is 0.592. The van der Waals surface area contributed by atoms with Crippen LogP contribution in [0.2, 0.25) is 0 Å². The third-order valence-electron chi connectivity index (χ3n) is 6.33. The van der Waals surface area contributed by atoms with Crippen LogP contribution in [0.15, 0.2) is 30.5 Å². The van der Waals surface area contributed by atoms with E-state index in [0.717, 1.165) is 34.9 Å². The largest absolute Gasteiger partial charge is 0.307 e. The highest BCUT2D eigenvalue weighted by atomic mass is 16.2. The minimum atomic E-state index is -0.295. The van der Waals surface area contributed by atoms with Crippen molar-refractivity contribution in [1.29, 1.82) is 0 Å². The van der Waals surface area contributed by atoms with Crippen molar-refractivity contribution in [3.8, 4) is 5.69 Å². The maximum Gasteiger partial charge on any atom is 0.252 e. The number of carbonyl (C=O) groups is 1. The summed E-state index contributed by atoms with van der Waals surface area (Å²) in [5, 5.41) is 9.44. The van der Waals surface area contributed by atoms with E-state index in [9.17, 15) is 4.79 Å². The zero-order valence-electron chi connectivity index (χ0n) is 20.2. The van der Waals surface area contributed by atoms with E-state index in [4.69, 9.17) is 12.9 Å². The highest BCUT2D eigenvalue weighted by molar-refractivity contribution is 6.32. The summed E-state index contributed by atoms with van der Waals surface area (Å²) in [5.41, 5.74) is 6.74. The maximum absolute atomic E-state index is 13.7. The molecule has 1 amide bonds. The lowest BCUT2D eigenvalue weighted by Gasteiger charge is -2.25. The molecule has 32 heavy (non-hydrogen) atoms. The molecule has 1 unspecified atom stereocenters. The molecule has 1 aromatic carbocycles. The Morgan fingerprint density at radius 3 is 2.38 bits per heavy atom. The lowest BCUT2D eigenvalue weighted by atomic mass is 9.88. The van der Waals surface area contributed by atoms with Crippen molar-refractivity contribution in [3.63, 3.8) is 0 Å². The maximum atomic E-state index is 13.7. The average molecular weight is 429 g/mol. The molecule has 2 radical (unpaired) electrons. The minimum absolute atomic E-state index is 0.0803. The van der Waals surface area contributed by atoms with Crippen LogP contribution in [0.3, 0.4) is 0 Å². The summed E-state index contributed by atoms with van der Waals surface area (Å²) in [6, 6.07) is 7.36. The van der Waals surface area contributed by atoms with Crippen LogP contribution >= 0.6 is 0 Å². The second kappa shape index (κ2) is 7.94. The summed E-state index contributed by atoms with van der Waals surface area (Å²) in [5.74, 6) is 0.271. The molecule has 0 N–H and O–H groups in total. The molecule has 0 aliphatic carbocycles. The molecule has 1 aliphatic rings. The van der Waals surface area contributed by atoms with E-state index in [0.29, 0.717) is 12.0 Å². The Hall–Kier alpha value is -2.83. The summed E-state index contributed by atoms with van der Waals surface area (Å²) in [7, 11) is 5.86. The summed E-state index contributed by atoms with van der Waals surface area (Å²) >= 11 is 0. The molecule has 3 heterocycles. The number of anilines is 1. The van der Waals surface area contributed by atoms with Gasteiger partial charge in [0.05, 0.1) is 29.0 Å². The first-order chi connectivity index (χ1) is 15.0. The molecule has 1 saturated heterocycles. The normalized spacial score (nSPS) is 17.1. The van der Waals surface area contributed by atoms with Crippen LogP contribution in [-0.2, 0) is 10.2 Å². The lowest BCUT2D eigenvalue weighted by molar-refractivity contribution is -0.120. The predicted molar refractivity (Wildman–Crippen MR) is 129 cm³/mol. The fourth-order valence-electron chi connectivity index (χ4n) is 4.81. The van der Waals surface area contributed by atoms with E-state index in [2.05, 4.69) is 46.6 Å². The van der Waals surface area contributed by atoms with Crippen LogP contribution in [0.5, 0.6) is 0 Å². The van der Waals surface area contributed by atoms with Crippen LogP contribution in [0.4, 0.5) is 5.69 Å². The van der Waals surface area contributed by atoms with Crippen molar-refractivity contribution in [2.75, 3.05) is 11.4 Å². The van der Waals surface area contributed by atoms with Gasteiger partial charge in [0.2, 0.25) is 0 Å². The number of hydrogen-bond donors (Lipinski definition) is 0. The van der Waals surface area contributed by atoms with Crippen LogP contribution in [-0.4, -0.2) is 39.9 Å². The molecular weight excluding hydrogens is 397 g/mol. The van der Waals surface area contributed by atoms with Gasteiger partial charge in [-0.3, -0.25) is 9.48 Å². The molecule has 1 fully saturated rings. The molecule has 0 bridgehead atoms. The number of aromatic nitrogens is 4. The van der Waals surface area contributed by atoms with Crippen LogP contribution in [0, 0.1) is 13.8 Å². The molecule has 1 aliphatic heterocycles. The van der Waals surface area contributed by atoms with Gasteiger partial charge in [-0.1, -0.05) is 52.2 Å². The second-order valence-electron chi connectivity index (χ2n) is 10.1. The van der Waals surface area contributed by atoms with Crippen LogP contribution in [0.1, 0.15) is 75.6 Å². The lowest BCUT2D eigenvalue weighted by Crippen LogP contribution is -2.31. The topological polar surface area (TPSA) is 56.0 Å². The van der Waals surface area contributed by atoms with Crippen molar-refractivity contribution in [2.24, 2.45) is 0 Å². The Morgan fingerprint density at radius 1 is 1.12 bits per heavy atom. The first-order valence-electron chi connectivity index (χ1n) is 11.3. The Bertz CT molecular complexity index is 1150. The van der Waals surface area contributed by atoms with Crippen LogP contribution < -0.4 is 10.4 Å². The molecule has 7 heteroatoms. The van der Waals surface area contributed by atoms with Crippen molar-refractivity contribution in [1.82, 2.24) is 19.6 Å². The van der Waals surface area contributed by atoms with Gasteiger partial charge in [-0.15, -0.1) is 0 Å². The van der Waals surface area contributed by atoms with E-state index < -0.39 is 0 Å². The molecule has 3 aromatic rings. The summed E-state index contributed by atoms with van der Waals surface area (Å²) in [6.07, 6.45) is 2.54. The average Bonchev–Trinajstić information content (AvgIpc) is 3.37. The molecule has 0 saturated carbocycles. The van der Waals surface area contributed by atoms with E-state index in [1.807, 2.05) is 51.6 Å². The zero-order valence-corrected chi connectivity index (χ0v) is 20.2. The number of benzene rings is 1. The van der Waals surface area contributed by atoms with Crippen molar-refractivity contribution in [3.05, 3.63) is 53.1 Å². The van der Waals surface area contributed by atoms with Gasteiger partial charge in [0.15, 0.2) is 0 Å². The van der Waals surface area contributed by atoms with Gasteiger partial charge < -0.3 is 4.90 Å². The van der Waals surface area contributed by atoms with Crippen molar-refractivity contribution in [2.45, 2.75) is 72.3 Å². The number of rotatable bonds is 4. The van der Waals surface area contributed by atoms with Gasteiger partial charge in [-0.05, 0) is 43.9 Å². The van der Waals surface area contributed by atoms with Gasteiger partial charge in [-0.25, -0.2) is 4.68 Å². The third kappa shape index (κ3) is 3.68. The van der Waals surface area contributed by atoms with Gasteiger partial charge in [-0.2, -0.15) is 10.2 Å².